The number of benzene rings is 2. The van der Waals surface area contributed by atoms with Gasteiger partial charge in [0.1, 0.15) is 0 Å². The summed E-state index contributed by atoms with van der Waals surface area (Å²) in [5.41, 5.74) is 3.71. The summed E-state index contributed by atoms with van der Waals surface area (Å²) in [5.74, 6) is 0.682. The van der Waals surface area contributed by atoms with E-state index in [2.05, 4.69) is 52.9 Å². The first-order valence-corrected chi connectivity index (χ1v) is 8.49. The summed E-state index contributed by atoms with van der Waals surface area (Å²) in [6.45, 7) is 1.01. The molecule has 1 heterocycles. The van der Waals surface area contributed by atoms with Gasteiger partial charge in [0.05, 0.1) is 5.69 Å². The van der Waals surface area contributed by atoms with Gasteiger partial charge in [-0.15, -0.1) is 0 Å². The smallest absolute Gasteiger partial charge is 0.167 e. The number of para-hydroxylation sites is 1. The van der Waals surface area contributed by atoms with E-state index in [1.165, 1.54) is 30.2 Å². The van der Waals surface area contributed by atoms with Crippen LogP contribution >= 0.6 is 0 Å². The Hall–Kier alpha value is -2.13. The van der Waals surface area contributed by atoms with E-state index >= 15 is 0 Å². The van der Waals surface area contributed by atoms with Crippen LogP contribution in [0.15, 0.2) is 59.1 Å². The molecule has 0 aliphatic heterocycles. The predicted molar refractivity (Wildman–Crippen MR) is 90.5 cm³/mol. The van der Waals surface area contributed by atoms with Crippen LogP contribution in [0.1, 0.15) is 36.4 Å². The summed E-state index contributed by atoms with van der Waals surface area (Å²) in [6, 6.07) is 19.7. The van der Waals surface area contributed by atoms with Crippen molar-refractivity contribution in [2.75, 3.05) is 6.54 Å². The van der Waals surface area contributed by atoms with E-state index in [1.54, 1.807) is 0 Å². The van der Waals surface area contributed by atoms with Gasteiger partial charge >= 0.3 is 0 Å². The maximum absolute atomic E-state index is 5.51. The molecule has 2 aliphatic rings. The monoisotopic (exact) mass is 304 g/mol. The van der Waals surface area contributed by atoms with Crippen molar-refractivity contribution in [2.24, 2.45) is 0 Å². The average Bonchev–Trinajstić information content (AvgIpc) is 3.51. The highest BCUT2D eigenvalue weighted by atomic mass is 16.5. The van der Waals surface area contributed by atoms with Gasteiger partial charge in [-0.25, -0.2) is 0 Å². The van der Waals surface area contributed by atoms with E-state index in [0.29, 0.717) is 12.0 Å². The molecule has 1 aromatic heterocycles. The maximum Gasteiger partial charge on any atom is 0.167 e. The Morgan fingerprint density at radius 1 is 1.04 bits per heavy atom. The number of rotatable bonds is 5. The summed E-state index contributed by atoms with van der Waals surface area (Å²) < 4.78 is 5.51. The first-order valence-electron chi connectivity index (χ1n) is 8.49. The van der Waals surface area contributed by atoms with Crippen molar-refractivity contribution in [1.29, 1.82) is 0 Å². The molecule has 2 saturated carbocycles. The highest BCUT2D eigenvalue weighted by molar-refractivity contribution is 5.80. The second-order valence-electron chi connectivity index (χ2n) is 7.05. The fraction of sp³-hybridized carbons (Fsp3) is 0.350. The van der Waals surface area contributed by atoms with Gasteiger partial charge in [0, 0.05) is 29.3 Å². The molecule has 0 saturated heterocycles. The van der Waals surface area contributed by atoms with Gasteiger partial charge in [0.15, 0.2) is 5.58 Å². The van der Waals surface area contributed by atoms with Crippen LogP contribution in [0.25, 0.3) is 11.0 Å². The Morgan fingerprint density at radius 3 is 2.65 bits per heavy atom. The van der Waals surface area contributed by atoms with Crippen molar-refractivity contribution in [3.05, 3.63) is 65.9 Å². The summed E-state index contributed by atoms with van der Waals surface area (Å²) in [6.07, 6.45) is 3.66. The lowest BCUT2D eigenvalue weighted by molar-refractivity contribution is 0.427. The van der Waals surface area contributed by atoms with Crippen LogP contribution in [0, 0.1) is 0 Å². The van der Waals surface area contributed by atoms with Gasteiger partial charge in [0.2, 0.25) is 0 Å². The van der Waals surface area contributed by atoms with Crippen molar-refractivity contribution in [2.45, 2.75) is 36.6 Å². The molecule has 2 fully saturated rings. The fourth-order valence-electron chi connectivity index (χ4n) is 3.73. The van der Waals surface area contributed by atoms with Crippen LogP contribution in [0.2, 0.25) is 0 Å². The van der Waals surface area contributed by atoms with E-state index in [9.17, 15) is 0 Å². The molecule has 0 unspecified atom stereocenters. The number of fused-ring (bicyclic) bond motifs is 1. The number of nitrogens with one attached hydrogen (secondary N) is 1. The summed E-state index contributed by atoms with van der Waals surface area (Å²) >= 11 is 0. The Balaban J connectivity index is 1.30. The lowest BCUT2D eigenvalue weighted by atomic mass is 9.99. The molecule has 5 rings (SSSR count). The number of hydrogen-bond acceptors (Lipinski definition) is 3. The highest BCUT2D eigenvalue weighted by Crippen LogP contribution is 2.50. The van der Waals surface area contributed by atoms with Gasteiger partial charge in [-0.3, -0.25) is 0 Å². The van der Waals surface area contributed by atoms with E-state index in [0.717, 1.165) is 17.8 Å². The minimum absolute atomic E-state index is 0.191. The van der Waals surface area contributed by atoms with Crippen LogP contribution in [-0.2, 0) is 5.41 Å². The molecule has 2 atom stereocenters. The van der Waals surface area contributed by atoms with Crippen molar-refractivity contribution in [1.82, 2.24) is 10.5 Å². The molecule has 2 aliphatic carbocycles. The van der Waals surface area contributed by atoms with E-state index in [4.69, 9.17) is 4.52 Å². The van der Waals surface area contributed by atoms with Crippen LogP contribution in [0.3, 0.4) is 0 Å². The molecule has 0 radical (unpaired) electrons. The largest absolute Gasteiger partial charge is 0.356 e. The average molecular weight is 304 g/mol. The molecule has 0 spiro atoms. The number of aromatic nitrogens is 1. The molecule has 0 amide bonds. The minimum Gasteiger partial charge on any atom is -0.356 e. The van der Waals surface area contributed by atoms with Gasteiger partial charge in [-0.1, -0.05) is 47.6 Å². The third kappa shape index (κ3) is 2.27. The first kappa shape index (κ1) is 13.3. The van der Waals surface area contributed by atoms with Gasteiger partial charge in [-0.2, -0.15) is 0 Å². The standard InChI is InChI=1S/C20H20N2O/c1-2-6-14(7-3-1)16-12-17(16)21-13-20(10-11-20)19-15-8-4-5-9-18(15)23-22-19/h1-9,16-17,21H,10-13H2/t16-,17+/m1/s1. The molecule has 3 nitrogen and oxygen atoms in total. The van der Waals surface area contributed by atoms with E-state index < -0.39 is 0 Å². The molecule has 116 valence electrons. The Morgan fingerprint density at radius 2 is 1.83 bits per heavy atom. The zero-order valence-electron chi connectivity index (χ0n) is 13.0. The molecule has 1 N–H and O–H groups in total. The van der Waals surface area contributed by atoms with Crippen LogP contribution in [-0.4, -0.2) is 17.7 Å². The molecule has 0 bridgehead atoms. The van der Waals surface area contributed by atoms with E-state index in [-0.39, 0.29) is 5.41 Å². The molecule has 23 heavy (non-hydrogen) atoms. The molecular weight excluding hydrogens is 284 g/mol. The maximum atomic E-state index is 5.51. The zero-order valence-corrected chi connectivity index (χ0v) is 13.0. The second kappa shape index (κ2) is 4.93. The van der Waals surface area contributed by atoms with Crippen LogP contribution < -0.4 is 5.32 Å². The lowest BCUT2D eigenvalue weighted by Crippen LogP contribution is -2.29. The third-order valence-electron chi connectivity index (χ3n) is 5.45. The van der Waals surface area contributed by atoms with Crippen molar-refractivity contribution < 1.29 is 4.52 Å². The van der Waals surface area contributed by atoms with Crippen molar-refractivity contribution >= 4 is 11.0 Å². The first-order chi connectivity index (χ1) is 11.4. The molecule has 3 heteroatoms. The lowest BCUT2D eigenvalue weighted by Gasteiger charge is -2.13. The number of nitrogens with zero attached hydrogens (tertiary/aromatic N) is 1. The number of hydrogen-bond donors (Lipinski definition) is 1. The van der Waals surface area contributed by atoms with Gasteiger partial charge in [0.25, 0.3) is 0 Å². The van der Waals surface area contributed by atoms with Gasteiger partial charge < -0.3 is 9.84 Å². The van der Waals surface area contributed by atoms with Crippen molar-refractivity contribution in [3.8, 4) is 0 Å². The quantitative estimate of drug-likeness (QED) is 0.774. The Labute approximate surface area is 135 Å². The highest BCUT2D eigenvalue weighted by Gasteiger charge is 2.49. The fourth-order valence-corrected chi connectivity index (χ4v) is 3.73. The summed E-state index contributed by atoms with van der Waals surface area (Å²) in [7, 11) is 0. The Bertz CT molecular complexity index is 835. The molecule has 3 aromatic rings. The zero-order chi connectivity index (χ0) is 15.3. The predicted octanol–water partition coefficient (Wildman–Crippen LogP) is 4.01. The van der Waals surface area contributed by atoms with Crippen molar-refractivity contribution in [3.63, 3.8) is 0 Å². The van der Waals surface area contributed by atoms with Gasteiger partial charge in [-0.05, 0) is 37.0 Å². The molecule has 2 aromatic carbocycles. The summed E-state index contributed by atoms with van der Waals surface area (Å²) in [4.78, 5) is 0. The summed E-state index contributed by atoms with van der Waals surface area (Å²) in [5, 5.41) is 9.35. The SMILES string of the molecule is c1ccc([C@H]2C[C@@H]2NCC2(c3noc4ccccc34)CC2)cc1. The Kier molecular flexibility index (Phi) is 2.86. The second-order valence-corrected chi connectivity index (χ2v) is 7.05. The minimum atomic E-state index is 0.191. The van der Waals surface area contributed by atoms with Crippen LogP contribution in [0.4, 0.5) is 0 Å². The molecular formula is C20H20N2O. The van der Waals surface area contributed by atoms with E-state index in [1.807, 2.05) is 12.1 Å². The van der Waals surface area contributed by atoms with Crippen LogP contribution in [0.5, 0.6) is 0 Å². The topological polar surface area (TPSA) is 38.1 Å². The normalized spacial score (nSPS) is 24.7. The third-order valence-corrected chi connectivity index (χ3v) is 5.45.